The zero-order chi connectivity index (χ0) is 31.5. The Bertz CT molecular complexity index is 1240. The summed E-state index contributed by atoms with van der Waals surface area (Å²) in [6, 6.07) is 3.36. The molecule has 4 N–H and O–H groups in total. The van der Waals surface area contributed by atoms with Gasteiger partial charge in [-0.25, -0.2) is 15.2 Å². The predicted octanol–water partition coefficient (Wildman–Crippen LogP) is 6.31. The Morgan fingerprint density at radius 1 is 1.02 bits per heavy atom. The van der Waals surface area contributed by atoms with Crippen LogP contribution in [0, 0.1) is 45.4 Å². The van der Waals surface area contributed by atoms with Crippen LogP contribution in [0.2, 0.25) is 0 Å². The van der Waals surface area contributed by atoms with Gasteiger partial charge in [-0.15, -0.1) is 0 Å². The first-order chi connectivity index (χ1) is 20.3. The molecule has 4 rings (SSSR count). The summed E-state index contributed by atoms with van der Waals surface area (Å²) < 4.78 is 5.76. The first-order valence-corrected chi connectivity index (χ1v) is 15.9. The van der Waals surface area contributed by atoms with Gasteiger partial charge in [0.2, 0.25) is 0 Å². The summed E-state index contributed by atoms with van der Waals surface area (Å²) in [5, 5.41) is 39.0. The number of carbonyl (C=O) groups is 1. The Hall–Kier alpha value is -2.59. The molecule has 0 aromatic heterocycles. The highest BCUT2D eigenvalue weighted by molar-refractivity contribution is 5.91. The van der Waals surface area contributed by atoms with Crippen molar-refractivity contribution in [2.45, 2.75) is 92.1 Å². The van der Waals surface area contributed by atoms with Gasteiger partial charge in [-0.1, -0.05) is 76.6 Å². The van der Waals surface area contributed by atoms with Gasteiger partial charge in [-0.2, -0.15) is 10.5 Å². The van der Waals surface area contributed by atoms with E-state index in [-0.39, 0.29) is 16.9 Å². The third-order valence-electron chi connectivity index (χ3n) is 10.5. The molecule has 8 heteroatoms. The second kappa shape index (κ2) is 14.0. The lowest BCUT2D eigenvalue weighted by atomic mass is 9.61. The molecule has 0 bridgehead atoms. The Balaban J connectivity index is 1.46. The monoisotopic (exact) mass is 594 g/mol. The van der Waals surface area contributed by atoms with Crippen LogP contribution in [0.5, 0.6) is 0 Å². The fourth-order valence-corrected chi connectivity index (χ4v) is 7.54. The molecule has 0 saturated heterocycles. The van der Waals surface area contributed by atoms with Crippen molar-refractivity contribution < 1.29 is 30.4 Å². The lowest BCUT2D eigenvalue weighted by molar-refractivity contribution is -0.996. The van der Waals surface area contributed by atoms with Crippen LogP contribution in [0.1, 0.15) is 96.3 Å². The minimum atomic E-state index is -1.30. The van der Waals surface area contributed by atoms with Crippen LogP contribution in [0.4, 0.5) is 11.4 Å². The Kier molecular flexibility index (Phi) is 10.9. The summed E-state index contributed by atoms with van der Waals surface area (Å²) in [7, 11) is 0. The van der Waals surface area contributed by atoms with E-state index < -0.39 is 22.5 Å². The lowest BCUT2D eigenvalue weighted by Gasteiger charge is -2.44. The molecule has 1 aromatic rings. The molecule has 0 radical (unpaired) electrons. The van der Waals surface area contributed by atoms with Crippen LogP contribution in [0.3, 0.4) is 0 Å². The average molecular weight is 595 g/mol. The third kappa shape index (κ3) is 7.74. The molecule has 0 amide bonds. The number of allylic oxidation sites excluding steroid dienone is 6. The summed E-state index contributed by atoms with van der Waals surface area (Å²) in [5.74, 6) is 2.34. The maximum Gasteiger partial charge on any atom is 0.338 e. The number of nitrogens with one attached hydrogen (secondary N) is 2. The van der Waals surface area contributed by atoms with Crippen molar-refractivity contribution in [3.05, 3.63) is 81.8 Å². The van der Waals surface area contributed by atoms with Crippen LogP contribution >= 0.6 is 0 Å². The van der Waals surface area contributed by atoms with Gasteiger partial charge in [-0.3, -0.25) is 0 Å². The zero-order valence-corrected chi connectivity index (χ0v) is 26.4. The number of benzene rings is 1. The molecule has 43 heavy (non-hydrogen) atoms. The largest absolute Gasteiger partial charge is 0.595 e. The van der Waals surface area contributed by atoms with Crippen molar-refractivity contribution >= 4 is 17.3 Å². The number of hydrogen-bond acceptors (Lipinski definition) is 6. The molecular formula is C35H50N2O6. The van der Waals surface area contributed by atoms with Crippen LogP contribution in [-0.4, -0.2) is 22.5 Å². The zero-order valence-electron chi connectivity index (χ0n) is 26.4. The number of fused-ring (bicyclic) bond motifs is 1. The molecule has 3 aliphatic carbocycles. The second-order valence-corrected chi connectivity index (χ2v) is 13.7. The van der Waals surface area contributed by atoms with Crippen LogP contribution in [0.15, 0.2) is 65.8 Å². The van der Waals surface area contributed by atoms with Gasteiger partial charge in [0.05, 0.1) is 11.6 Å². The molecule has 3 aliphatic rings. The van der Waals surface area contributed by atoms with E-state index in [9.17, 15) is 25.6 Å². The van der Waals surface area contributed by atoms with E-state index in [1.807, 2.05) is 0 Å². The number of esters is 1. The van der Waals surface area contributed by atoms with E-state index in [1.165, 1.54) is 31.3 Å². The van der Waals surface area contributed by atoms with E-state index in [2.05, 4.69) is 65.5 Å². The van der Waals surface area contributed by atoms with E-state index in [4.69, 9.17) is 4.74 Å². The van der Waals surface area contributed by atoms with Crippen LogP contribution < -0.4 is 10.5 Å². The molecule has 0 aliphatic heterocycles. The van der Waals surface area contributed by atoms with Gasteiger partial charge in [0.25, 0.3) is 0 Å². The van der Waals surface area contributed by atoms with Gasteiger partial charge in [0.1, 0.15) is 6.10 Å². The number of quaternary nitrogens is 2. The standard InChI is InChI=1S/C35H50N2O6/c1-22(2)23(3)9-10-25(5)32-15-16-33-26(8-7-17-35(32,33)6)12-13-27-20-31(14-11-24(27)4)43-34(38)28-18-29(36(39)40)21-30(19-28)37(41)42/h9-10,12-13,18-19,21-23,25,31-33,36-37,39,41H,4,7-8,11,14-17,20H2,1-3,5-6H3. The van der Waals surface area contributed by atoms with Crippen molar-refractivity contribution in [1.82, 2.24) is 0 Å². The lowest BCUT2D eigenvalue weighted by Crippen LogP contribution is -3.00. The van der Waals surface area contributed by atoms with Crippen molar-refractivity contribution in [2.24, 2.45) is 35.0 Å². The molecule has 1 aromatic carbocycles. The van der Waals surface area contributed by atoms with Crippen molar-refractivity contribution in [3.8, 4) is 0 Å². The van der Waals surface area contributed by atoms with Gasteiger partial charge < -0.3 is 15.2 Å². The Labute approximate surface area is 256 Å². The fraction of sp³-hybridized carbons (Fsp3) is 0.571. The summed E-state index contributed by atoms with van der Waals surface area (Å²) >= 11 is 0. The maximum absolute atomic E-state index is 13.0. The maximum atomic E-state index is 13.0. The third-order valence-corrected chi connectivity index (χ3v) is 10.5. The van der Waals surface area contributed by atoms with E-state index >= 15 is 0 Å². The number of hydrogen-bond donors (Lipinski definition) is 4. The first kappa shape index (κ1) is 33.3. The molecule has 8 nitrogen and oxygen atoms in total. The summed E-state index contributed by atoms with van der Waals surface area (Å²) in [4.78, 5) is 13.0. The van der Waals surface area contributed by atoms with Crippen molar-refractivity contribution in [1.29, 1.82) is 0 Å². The van der Waals surface area contributed by atoms with Crippen LogP contribution in [-0.2, 0) is 4.74 Å². The Morgan fingerprint density at radius 3 is 2.33 bits per heavy atom. The van der Waals surface area contributed by atoms with E-state index in [0.717, 1.165) is 35.8 Å². The van der Waals surface area contributed by atoms with E-state index in [0.29, 0.717) is 54.3 Å². The molecular weight excluding hydrogens is 544 g/mol. The molecule has 0 spiro atoms. The average Bonchev–Trinajstić information content (AvgIpc) is 3.33. The predicted molar refractivity (Wildman–Crippen MR) is 167 cm³/mol. The van der Waals surface area contributed by atoms with Crippen molar-refractivity contribution in [2.75, 3.05) is 0 Å². The smallest absolute Gasteiger partial charge is 0.338 e. The molecule has 0 heterocycles. The first-order valence-electron chi connectivity index (χ1n) is 15.9. The summed E-state index contributed by atoms with van der Waals surface area (Å²) in [6.07, 6.45) is 16.9. The van der Waals surface area contributed by atoms with Crippen LogP contribution in [0.25, 0.3) is 0 Å². The van der Waals surface area contributed by atoms with E-state index in [1.54, 1.807) is 0 Å². The fourth-order valence-electron chi connectivity index (χ4n) is 7.54. The highest BCUT2D eigenvalue weighted by Gasteiger charge is 2.50. The minimum Gasteiger partial charge on any atom is -0.595 e. The highest BCUT2D eigenvalue weighted by Crippen LogP contribution is 2.59. The highest BCUT2D eigenvalue weighted by atomic mass is 16.8. The number of rotatable bonds is 9. The van der Waals surface area contributed by atoms with Gasteiger partial charge in [-0.05, 0) is 85.5 Å². The number of carbonyl (C=O) groups excluding carboxylic acids is 1. The van der Waals surface area contributed by atoms with Gasteiger partial charge in [0.15, 0.2) is 11.4 Å². The summed E-state index contributed by atoms with van der Waals surface area (Å²) in [5.41, 5.74) is 3.34. The molecule has 236 valence electrons. The SMILES string of the molecule is C=C1CCC(OC(=O)c2cc([NH+]([O-])O)cc([NH+]([O-])O)c2)CC1=CC=C1CCCC2(C)C1CCC2C(C)C=CC(C)C(C)C. The molecule has 3 saturated carbocycles. The quantitative estimate of drug-likeness (QED) is 0.151. The van der Waals surface area contributed by atoms with Gasteiger partial charge >= 0.3 is 5.97 Å². The molecule has 8 unspecified atom stereocenters. The normalized spacial score (nSPS) is 30.9. The van der Waals surface area contributed by atoms with Gasteiger partial charge in [0, 0.05) is 18.6 Å². The topological polar surface area (TPSA) is 122 Å². The Morgan fingerprint density at radius 2 is 1.70 bits per heavy atom. The second-order valence-electron chi connectivity index (χ2n) is 13.7. The van der Waals surface area contributed by atoms with Crippen molar-refractivity contribution in [3.63, 3.8) is 0 Å². The molecule has 3 fully saturated rings. The summed E-state index contributed by atoms with van der Waals surface area (Å²) in [6.45, 7) is 16.1. The molecule has 8 atom stereocenters. The number of ether oxygens (including phenoxy) is 1. The minimum absolute atomic E-state index is 0.0747.